The minimum Gasteiger partial charge on any atom is -0.490 e. The molecule has 7 heteroatoms. The van der Waals surface area contributed by atoms with Crippen LogP contribution in [-0.2, 0) is 6.54 Å². The minimum atomic E-state index is -0.444. The van der Waals surface area contributed by atoms with E-state index in [2.05, 4.69) is 10.6 Å². The van der Waals surface area contributed by atoms with Crippen molar-refractivity contribution in [3.8, 4) is 5.75 Å². The Hall–Kier alpha value is -2.34. The van der Waals surface area contributed by atoms with Crippen LogP contribution in [0.1, 0.15) is 5.56 Å². The van der Waals surface area contributed by atoms with Crippen LogP contribution in [0.5, 0.6) is 5.75 Å². The summed E-state index contributed by atoms with van der Waals surface area (Å²) in [4.78, 5) is 11.6. The summed E-state index contributed by atoms with van der Waals surface area (Å²) in [6.45, 7) is 0.731. The molecule has 0 bridgehead atoms. The molecule has 0 saturated heterocycles. The fourth-order valence-electron chi connectivity index (χ4n) is 1.76. The number of hydrogen-bond donors (Lipinski definition) is 2. The van der Waals surface area contributed by atoms with Gasteiger partial charge >= 0.3 is 6.03 Å². The third-order valence-corrected chi connectivity index (χ3v) is 3.20. The van der Waals surface area contributed by atoms with E-state index in [1.54, 1.807) is 12.1 Å². The molecule has 122 valence electrons. The van der Waals surface area contributed by atoms with Gasteiger partial charge in [-0.05, 0) is 35.9 Å². The summed E-state index contributed by atoms with van der Waals surface area (Å²) >= 11 is 5.81. The first-order valence-corrected chi connectivity index (χ1v) is 7.26. The number of rotatable bonds is 6. The molecule has 0 aromatic heterocycles. The Morgan fingerprint density at radius 3 is 2.43 bits per heavy atom. The van der Waals surface area contributed by atoms with Gasteiger partial charge in [0.25, 0.3) is 0 Å². The van der Waals surface area contributed by atoms with E-state index in [0.717, 1.165) is 11.6 Å². The Kier molecular flexibility index (Phi) is 6.17. The van der Waals surface area contributed by atoms with E-state index >= 15 is 0 Å². The monoisotopic (exact) mass is 340 g/mol. The Balaban J connectivity index is 1.65. The number of amides is 2. The highest BCUT2D eigenvalue weighted by atomic mass is 35.5. The van der Waals surface area contributed by atoms with Crippen LogP contribution in [-0.4, -0.2) is 19.2 Å². The summed E-state index contributed by atoms with van der Waals surface area (Å²) in [5.74, 6) is -0.419. The zero-order chi connectivity index (χ0) is 16.7. The van der Waals surface area contributed by atoms with Gasteiger partial charge in [0.2, 0.25) is 0 Å². The molecule has 0 fully saturated rings. The number of benzene rings is 2. The number of ether oxygens (including phenoxy) is 1. The summed E-state index contributed by atoms with van der Waals surface area (Å²) in [6.07, 6.45) is 0. The first-order chi connectivity index (χ1) is 11.0. The normalized spacial score (nSPS) is 10.2. The van der Waals surface area contributed by atoms with Crippen LogP contribution in [0.4, 0.5) is 13.6 Å². The lowest BCUT2D eigenvalue weighted by molar-refractivity contribution is 0.236. The van der Waals surface area contributed by atoms with Gasteiger partial charge in [-0.1, -0.05) is 23.7 Å². The molecule has 0 atom stereocenters. The maximum absolute atomic E-state index is 12.9. The second-order valence-corrected chi connectivity index (χ2v) is 5.07. The number of halogens is 3. The summed E-state index contributed by atoms with van der Waals surface area (Å²) in [6, 6.07) is 9.29. The fourth-order valence-corrected chi connectivity index (χ4v) is 1.99. The second kappa shape index (κ2) is 8.33. The van der Waals surface area contributed by atoms with E-state index in [1.807, 2.05) is 0 Å². The van der Waals surface area contributed by atoms with Gasteiger partial charge in [0, 0.05) is 6.54 Å². The molecule has 2 aromatic carbocycles. The minimum absolute atomic E-state index is 0.172. The van der Waals surface area contributed by atoms with E-state index < -0.39 is 5.82 Å². The van der Waals surface area contributed by atoms with Crippen LogP contribution in [0.15, 0.2) is 42.5 Å². The van der Waals surface area contributed by atoms with Gasteiger partial charge in [0.05, 0.1) is 11.6 Å². The number of urea groups is 1. The highest BCUT2D eigenvalue weighted by Crippen LogP contribution is 2.24. The molecule has 0 aliphatic carbocycles. The van der Waals surface area contributed by atoms with E-state index in [-0.39, 0.29) is 36.6 Å². The van der Waals surface area contributed by atoms with Crippen LogP contribution in [0.3, 0.4) is 0 Å². The van der Waals surface area contributed by atoms with Crippen molar-refractivity contribution in [1.82, 2.24) is 10.6 Å². The quantitative estimate of drug-likeness (QED) is 0.791. The lowest BCUT2D eigenvalue weighted by atomic mass is 10.2. The van der Waals surface area contributed by atoms with Crippen molar-refractivity contribution in [2.24, 2.45) is 0 Å². The average Bonchev–Trinajstić information content (AvgIpc) is 2.52. The molecule has 4 nitrogen and oxygen atoms in total. The predicted octanol–water partition coefficient (Wildman–Crippen LogP) is 3.50. The fraction of sp³-hybridized carbons (Fsp3) is 0.188. The van der Waals surface area contributed by atoms with Crippen LogP contribution >= 0.6 is 11.6 Å². The molecule has 0 saturated carbocycles. The third kappa shape index (κ3) is 5.75. The molecule has 2 aromatic rings. The van der Waals surface area contributed by atoms with E-state index in [9.17, 15) is 13.6 Å². The third-order valence-electron chi connectivity index (χ3n) is 2.91. The van der Waals surface area contributed by atoms with Gasteiger partial charge in [0.15, 0.2) is 0 Å². The van der Waals surface area contributed by atoms with Crippen molar-refractivity contribution in [1.29, 1.82) is 0 Å². The van der Waals surface area contributed by atoms with Gasteiger partial charge in [-0.2, -0.15) is 0 Å². The van der Waals surface area contributed by atoms with Crippen molar-refractivity contribution >= 4 is 17.6 Å². The van der Waals surface area contributed by atoms with Crippen molar-refractivity contribution in [3.05, 3.63) is 64.7 Å². The van der Waals surface area contributed by atoms with Crippen molar-refractivity contribution in [3.63, 3.8) is 0 Å². The van der Waals surface area contributed by atoms with Crippen molar-refractivity contribution in [2.75, 3.05) is 13.2 Å². The number of carbonyl (C=O) groups excluding carboxylic acids is 1. The topological polar surface area (TPSA) is 50.4 Å². The van der Waals surface area contributed by atoms with Gasteiger partial charge in [-0.3, -0.25) is 0 Å². The van der Waals surface area contributed by atoms with Gasteiger partial charge < -0.3 is 15.4 Å². The summed E-state index contributed by atoms with van der Waals surface area (Å²) in [5.41, 5.74) is 0.788. The predicted molar refractivity (Wildman–Crippen MR) is 83.5 cm³/mol. The standard InChI is InChI=1S/C16H15ClF2N2O2/c17-14-9-13(19)5-6-15(14)23-8-7-20-16(22)21-10-11-1-3-12(18)4-2-11/h1-6,9H,7-8,10H2,(H2,20,21,22). The van der Waals surface area contributed by atoms with Crippen molar-refractivity contribution in [2.45, 2.75) is 6.54 Å². The molecule has 2 rings (SSSR count). The lowest BCUT2D eigenvalue weighted by Gasteiger charge is -2.10. The highest BCUT2D eigenvalue weighted by Gasteiger charge is 2.04. The van der Waals surface area contributed by atoms with Gasteiger partial charge in [-0.15, -0.1) is 0 Å². The van der Waals surface area contributed by atoms with Crippen LogP contribution < -0.4 is 15.4 Å². The summed E-state index contributed by atoms with van der Waals surface area (Å²) < 4.78 is 30.9. The molecular weight excluding hydrogens is 326 g/mol. The molecule has 0 spiro atoms. The van der Waals surface area contributed by atoms with Crippen molar-refractivity contribution < 1.29 is 18.3 Å². The van der Waals surface area contributed by atoms with E-state index in [1.165, 1.54) is 24.3 Å². The Labute approximate surface area is 137 Å². The second-order valence-electron chi connectivity index (χ2n) is 4.66. The molecule has 0 unspecified atom stereocenters. The van der Waals surface area contributed by atoms with Gasteiger partial charge in [0.1, 0.15) is 24.0 Å². The average molecular weight is 341 g/mol. The SMILES string of the molecule is O=C(NCCOc1ccc(F)cc1Cl)NCc1ccc(F)cc1. The van der Waals surface area contributed by atoms with E-state index in [0.29, 0.717) is 5.75 Å². The number of nitrogens with one attached hydrogen (secondary N) is 2. The smallest absolute Gasteiger partial charge is 0.315 e. The Morgan fingerprint density at radius 1 is 1.04 bits per heavy atom. The first-order valence-electron chi connectivity index (χ1n) is 6.88. The molecule has 2 amide bonds. The lowest BCUT2D eigenvalue weighted by Crippen LogP contribution is -2.37. The molecule has 2 N–H and O–H groups in total. The number of carbonyl (C=O) groups is 1. The largest absolute Gasteiger partial charge is 0.490 e. The van der Waals surface area contributed by atoms with E-state index in [4.69, 9.17) is 16.3 Å². The first kappa shape index (κ1) is 17.0. The van der Waals surface area contributed by atoms with Gasteiger partial charge in [-0.25, -0.2) is 13.6 Å². The molecule has 23 heavy (non-hydrogen) atoms. The van der Waals surface area contributed by atoms with Crippen LogP contribution in [0, 0.1) is 11.6 Å². The van der Waals surface area contributed by atoms with Crippen LogP contribution in [0.25, 0.3) is 0 Å². The van der Waals surface area contributed by atoms with Crippen LogP contribution in [0.2, 0.25) is 5.02 Å². The summed E-state index contributed by atoms with van der Waals surface area (Å²) in [5, 5.41) is 5.40. The maximum Gasteiger partial charge on any atom is 0.315 e. The number of hydrogen-bond acceptors (Lipinski definition) is 2. The zero-order valence-electron chi connectivity index (χ0n) is 12.1. The molecule has 0 aliphatic heterocycles. The molecule has 0 radical (unpaired) electrons. The Bertz CT molecular complexity index is 666. The molecular formula is C16H15ClF2N2O2. The molecule has 0 aliphatic rings. The Morgan fingerprint density at radius 2 is 1.74 bits per heavy atom. The maximum atomic E-state index is 12.9. The highest BCUT2D eigenvalue weighted by molar-refractivity contribution is 6.32. The molecule has 0 heterocycles. The zero-order valence-corrected chi connectivity index (χ0v) is 12.9. The summed E-state index contributed by atoms with van der Waals surface area (Å²) in [7, 11) is 0.